The number of hydrogen-bond acceptors (Lipinski definition) is 2. The Morgan fingerprint density at radius 2 is 2.07 bits per heavy atom. The van der Waals surface area contributed by atoms with Crippen LogP contribution in [0, 0.1) is 5.92 Å². The van der Waals surface area contributed by atoms with Crippen LogP contribution in [-0.2, 0) is 4.79 Å². The summed E-state index contributed by atoms with van der Waals surface area (Å²) in [4.78, 5) is 11.0. The Balaban J connectivity index is 3.73. The second kappa shape index (κ2) is 5.85. The Morgan fingerprint density at radius 3 is 2.50 bits per heavy atom. The van der Waals surface area contributed by atoms with Gasteiger partial charge in [-0.25, -0.2) is 0 Å². The van der Waals surface area contributed by atoms with E-state index in [0.29, 0.717) is 19.4 Å². The minimum atomic E-state index is -4.34. The van der Waals surface area contributed by atoms with Gasteiger partial charge in [-0.3, -0.25) is 4.79 Å². The average molecular weight is 212 g/mol. The van der Waals surface area contributed by atoms with Gasteiger partial charge >= 0.3 is 6.18 Å². The normalized spacial score (nSPS) is 13.8. The van der Waals surface area contributed by atoms with Gasteiger partial charge in [0.05, 0.1) is 0 Å². The lowest BCUT2D eigenvalue weighted by Gasteiger charge is -2.12. The van der Waals surface area contributed by atoms with E-state index < -0.39 is 24.5 Å². The molecule has 3 N–H and O–H groups in total. The summed E-state index contributed by atoms with van der Waals surface area (Å²) in [6.07, 6.45) is -3.19. The molecule has 3 nitrogen and oxygen atoms in total. The molecular formula is C8H15F3N2O. The standard InChI is InChI=1S/C8H15F3N2O/c1-6(3-2-4-12)7(14)13-5-8(9,10)11/h6H,2-5,12H2,1H3,(H,13,14). The maximum atomic E-state index is 11.7. The summed E-state index contributed by atoms with van der Waals surface area (Å²) in [5, 5.41) is 1.83. The molecule has 0 aliphatic heterocycles. The van der Waals surface area contributed by atoms with E-state index in [9.17, 15) is 18.0 Å². The van der Waals surface area contributed by atoms with Crippen LogP contribution in [0.3, 0.4) is 0 Å². The largest absolute Gasteiger partial charge is 0.405 e. The molecule has 0 rings (SSSR count). The van der Waals surface area contributed by atoms with Crippen LogP contribution in [0.4, 0.5) is 13.2 Å². The number of carbonyl (C=O) groups excluding carboxylic acids is 1. The fourth-order valence-corrected chi connectivity index (χ4v) is 0.917. The minimum Gasteiger partial charge on any atom is -0.347 e. The van der Waals surface area contributed by atoms with Gasteiger partial charge in [-0.15, -0.1) is 0 Å². The first-order valence-corrected chi connectivity index (χ1v) is 4.41. The SMILES string of the molecule is CC(CCCN)C(=O)NCC(F)(F)F. The molecule has 0 spiro atoms. The molecular weight excluding hydrogens is 197 g/mol. The summed E-state index contributed by atoms with van der Waals surface area (Å²) >= 11 is 0. The number of hydrogen-bond donors (Lipinski definition) is 2. The van der Waals surface area contributed by atoms with Gasteiger partial charge in [0.1, 0.15) is 6.54 Å². The number of nitrogens with one attached hydrogen (secondary N) is 1. The predicted molar refractivity (Wildman–Crippen MR) is 46.5 cm³/mol. The fraction of sp³-hybridized carbons (Fsp3) is 0.875. The Bertz CT molecular complexity index is 182. The zero-order valence-electron chi connectivity index (χ0n) is 8.03. The van der Waals surface area contributed by atoms with E-state index >= 15 is 0 Å². The van der Waals surface area contributed by atoms with Crippen molar-refractivity contribution in [1.82, 2.24) is 5.32 Å². The van der Waals surface area contributed by atoms with E-state index in [-0.39, 0.29) is 0 Å². The van der Waals surface area contributed by atoms with E-state index in [1.165, 1.54) is 0 Å². The summed E-state index contributed by atoms with van der Waals surface area (Å²) in [6.45, 7) is 0.761. The molecule has 0 saturated heterocycles. The van der Waals surface area contributed by atoms with Crippen molar-refractivity contribution in [3.63, 3.8) is 0 Å². The monoisotopic (exact) mass is 212 g/mol. The molecule has 1 atom stereocenters. The third-order valence-electron chi connectivity index (χ3n) is 1.75. The van der Waals surface area contributed by atoms with E-state index in [1.54, 1.807) is 6.92 Å². The van der Waals surface area contributed by atoms with Crippen LogP contribution < -0.4 is 11.1 Å². The van der Waals surface area contributed by atoms with Gasteiger partial charge < -0.3 is 11.1 Å². The van der Waals surface area contributed by atoms with Crippen molar-refractivity contribution in [3.8, 4) is 0 Å². The lowest BCUT2D eigenvalue weighted by Crippen LogP contribution is -2.37. The van der Waals surface area contributed by atoms with Gasteiger partial charge in [0, 0.05) is 5.92 Å². The van der Waals surface area contributed by atoms with Crippen LogP contribution in [0.1, 0.15) is 19.8 Å². The van der Waals surface area contributed by atoms with E-state index in [4.69, 9.17) is 5.73 Å². The topological polar surface area (TPSA) is 55.1 Å². The molecule has 0 heterocycles. The molecule has 0 aliphatic rings. The highest BCUT2D eigenvalue weighted by Crippen LogP contribution is 2.13. The Hall–Kier alpha value is -0.780. The highest BCUT2D eigenvalue weighted by atomic mass is 19.4. The molecule has 6 heteroatoms. The average Bonchev–Trinajstić information content (AvgIpc) is 2.09. The third-order valence-corrected chi connectivity index (χ3v) is 1.75. The fourth-order valence-electron chi connectivity index (χ4n) is 0.917. The van der Waals surface area contributed by atoms with Crippen molar-refractivity contribution < 1.29 is 18.0 Å². The molecule has 0 aliphatic carbocycles. The summed E-state index contributed by atoms with van der Waals surface area (Å²) in [6, 6.07) is 0. The van der Waals surface area contributed by atoms with Crippen molar-refractivity contribution in [2.45, 2.75) is 25.9 Å². The second-order valence-electron chi connectivity index (χ2n) is 3.16. The molecule has 0 radical (unpaired) electrons. The van der Waals surface area contributed by atoms with Crippen LogP contribution in [0.2, 0.25) is 0 Å². The highest BCUT2D eigenvalue weighted by Gasteiger charge is 2.28. The van der Waals surface area contributed by atoms with Crippen molar-refractivity contribution in [1.29, 1.82) is 0 Å². The van der Waals surface area contributed by atoms with Crippen LogP contribution >= 0.6 is 0 Å². The number of amides is 1. The summed E-state index contributed by atoms with van der Waals surface area (Å²) < 4.78 is 35.1. The lowest BCUT2D eigenvalue weighted by molar-refractivity contribution is -0.140. The first-order valence-electron chi connectivity index (χ1n) is 4.41. The van der Waals surface area contributed by atoms with Crippen molar-refractivity contribution >= 4 is 5.91 Å². The molecule has 1 amide bonds. The lowest BCUT2D eigenvalue weighted by atomic mass is 10.1. The molecule has 0 bridgehead atoms. The summed E-state index contributed by atoms with van der Waals surface area (Å²) in [7, 11) is 0. The highest BCUT2D eigenvalue weighted by molar-refractivity contribution is 5.78. The quantitative estimate of drug-likeness (QED) is 0.715. The van der Waals surface area contributed by atoms with Crippen LogP contribution in [0.25, 0.3) is 0 Å². The van der Waals surface area contributed by atoms with Crippen molar-refractivity contribution in [3.05, 3.63) is 0 Å². The number of halogens is 3. The molecule has 0 aromatic heterocycles. The molecule has 14 heavy (non-hydrogen) atoms. The van der Waals surface area contributed by atoms with Gasteiger partial charge in [-0.2, -0.15) is 13.2 Å². The summed E-state index contributed by atoms with van der Waals surface area (Å²) in [5.74, 6) is -0.989. The van der Waals surface area contributed by atoms with Crippen molar-refractivity contribution in [2.75, 3.05) is 13.1 Å². The smallest absolute Gasteiger partial charge is 0.347 e. The molecule has 0 aromatic carbocycles. The zero-order chi connectivity index (χ0) is 11.2. The molecule has 84 valence electrons. The van der Waals surface area contributed by atoms with Crippen molar-refractivity contribution in [2.24, 2.45) is 11.7 Å². The van der Waals surface area contributed by atoms with Crippen LogP contribution in [0.15, 0.2) is 0 Å². The predicted octanol–water partition coefficient (Wildman–Crippen LogP) is 1.04. The summed E-state index contributed by atoms with van der Waals surface area (Å²) in [5.41, 5.74) is 5.21. The molecule has 0 fully saturated rings. The maximum Gasteiger partial charge on any atom is 0.405 e. The first kappa shape index (κ1) is 13.2. The maximum absolute atomic E-state index is 11.7. The second-order valence-corrected chi connectivity index (χ2v) is 3.16. The van der Waals surface area contributed by atoms with Crippen LogP contribution in [0.5, 0.6) is 0 Å². The number of alkyl halides is 3. The van der Waals surface area contributed by atoms with Gasteiger partial charge in [-0.05, 0) is 19.4 Å². The number of nitrogens with two attached hydrogens (primary N) is 1. The zero-order valence-corrected chi connectivity index (χ0v) is 8.03. The van der Waals surface area contributed by atoms with Gasteiger partial charge in [0.25, 0.3) is 0 Å². The number of rotatable bonds is 5. The number of carbonyl (C=O) groups is 1. The minimum absolute atomic E-state index is 0.416. The third kappa shape index (κ3) is 6.71. The van der Waals surface area contributed by atoms with Gasteiger partial charge in [0.15, 0.2) is 0 Å². The van der Waals surface area contributed by atoms with E-state index in [1.807, 2.05) is 5.32 Å². The Labute approximate surface area is 80.8 Å². The van der Waals surface area contributed by atoms with E-state index in [0.717, 1.165) is 0 Å². The van der Waals surface area contributed by atoms with Gasteiger partial charge in [-0.1, -0.05) is 6.92 Å². The van der Waals surface area contributed by atoms with Crippen LogP contribution in [-0.4, -0.2) is 25.2 Å². The molecule has 0 saturated carbocycles. The van der Waals surface area contributed by atoms with E-state index in [2.05, 4.69) is 0 Å². The Kier molecular flexibility index (Phi) is 5.52. The van der Waals surface area contributed by atoms with Gasteiger partial charge in [0.2, 0.25) is 5.91 Å². The molecule has 1 unspecified atom stereocenters. The molecule has 0 aromatic rings. The first-order chi connectivity index (χ1) is 6.37. The Morgan fingerprint density at radius 1 is 1.50 bits per heavy atom.